The van der Waals surface area contributed by atoms with Gasteiger partial charge in [-0.3, -0.25) is 20.2 Å². The van der Waals surface area contributed by atoms with Crippen LogP contribution in [0.4, 0.5) is 11.4 Å². The topological polar surface area (TPSA) is 89.5 Å². The molecule has 0 fully saturated rings. The van der Waals surface area contributed by atoms with Crippen LogP contribution in [0.1, 0.15) is 22.6 Å². The maximum absolute atomic E-state index is 11.1. The molecule has 0 N–H and O–H groups in total. The Labute approximate surface area is 138 Å². The second kappa shape index (κ2) is 6.37. The SMILES string of the molecule is CN1CCc2ccc([N+](=O)[O-])cc2C(c2ccc([N+](=O)[O-])cc2)C1. The molecule has 0 aliphatic carbocycles. The number of benzene rings is 2. The monoisotopic (exact) mass is 327 g/mol. The molecule has 2 aromatic rings. The van der Waals surface area contributed by atoms with Crippen molar-refractivity contribution in [3.05, 3.63) is 79.4 Å². The van der Waals surface area contributed by atoms with E-state index >= 15 is 0 Å². The molecule has 24 heavy (non-hydrogen) atoms. The molecule has 1 aliphatic rings. The van der Waals surface area contributed by atoms with Gasteiger partial charge in [0.05, 0.1) is 9.85 Å². The van der Waals surface area contributed by atoms with Crippen LogP contribution in [0, 0.1) is 20.2 Å². The first-order chi connectivity index (χ1) is 11.5. The molecule has 0 spiro atoms. The second-order valence-electron chi connectivity index (χ2n) is 6.05. The Morgan fingerprint density at radius 2 is 1.62 bits per heavy atom. The van der Waals surface area contributed by atoms with Crippen LogP contribution < -0.4 is 0 Å². The summed E-state index contributed by atoms with van der Waals surface area (Å²) < 4.78 is 0. The van der Waals surface area contributed by atoms with Crippen molar-refractivity contribution in [3.63, 3.8) is 0 Å². The molecular weight excluding hydrogens is 310 g/mol. The number of non-ortho nitro benzene ring substituents is 2. The van der Waals surface area contributed by atoms with Crippen LogP contribution in [0.25, 0.3) is 0 Å². The summed E-state index contributed by atoms with van der Waals surface area (Å²) in [6, 6.07) is 11.5. The number of likely N-dealkylation sites (N-methyl/N-ethyl adjacent to an activating group) is 1. The number of hydrogen-bond donors (Lipinski definition) is 0. The number of hydrogen-bond acceptors (Lipinski definition) is 5. The largest absolute Gasteiger partial charge is 0.305 e. The Morgan fingerprint density at radius 3 is 2.25 bits per heavy atom. The molecule has 0 amide bonds. The Balaban J connectivity index is 2.07. The van der Waals surface area contributed by atoms with Gasteiger partial charge in [0.1, 0.15) is 0 Å². The zero-order chi connectivity index (χ0) is 17.3. The van der Waals surface area contributed by atoms with Crippen molar-refractivity contribution in [1.82, 2.24) is 4.90 Å². The number of rotatable bonds is 3. The molecular formula is C17H17N3O4. The maximum Gasteiger partial charge on any atom is 0.269 e. The molecule has 1 aliphatic heterocycles. The van der Waals surface area contributed by atoms with Crippen molar-refractivity contribution in [1.29, 1.82) is 0 Å². The molecule has 7 heteroatoms. The summed E-state index contributed by atoms with van der Waals surface area (Å²) in [6.07, 6.45) is 0.827. The molecule has 0 radical (unpaired) electrons. The van der Waals surface area contributed by atoms with E-state index in [1.54, 1.807) is 18.2 Å². The zero-order valence-corrected chi connectivity index (χ0v) is 13.2. The number of fused-ring (bicyclic) bond motifs is 1. The van der Waals surface area contributed by atoms with Gasteiger partial charge in [0, 0.05) is 43.3 Å². The van der Waals surface area contributed by atoms with E-state index in [0.717, 1.165) is 29.7 Å². The van der Waals surface area contributed by atoms with Gasteiger partial charge in [-0.05, 0) is 30.2 Å². The molecule has 7 nitrogen and oxygen atoms in total. The van der Waals surface area contributed by atoms with Crippen LogP contribution in [-0.4, -0.2) is 34.9 Å². The quantitative estimate of drug-likeness (QED) is 0.638. The Kier molecular flexibility index (Phi) is 4.26. The van der Waals surface area contributed by atoms with Crippen molar-refractivity contribution < 1.29 is 9.85 Å². The lowest BCUT2D eigenvalue weighted by atomic mass is 9.87. The van der Waals surface area contributed by atoms with Gasteiger partial charge in [0.25, 0.3) is 11.4 Å². The van der Waals surface area contributed by atoms with Gasteiger partial charge in [-0.1, -0.05) is 18.2 Å². The van der Waals surface area contributed by atoms with Crippen LogP contribution in [0.3, 0.4) is 0 Å². The third kappa shape index (κ3) is 3.11. The summed E-state index contributed by atoms with van der Waals surface area (Å²) in [4.78, 5) is 23.3. The normalized spacial score (nSPS) is 17.8. The van der Waals surface area contributed by atoms with Crippen LogP contribution in [0.5, 0.6) is 0 Å². The summed E-state index contributed by atoms with van der Waals surface area (Å²) >= 11 is 0. The molecule has 1 heterocycles. The Hall–Kier alpha value is -2.80. The van der Waals surface area contributed by atoms with Gasteiger partial charge in [-0.25, -0.2) is 0 Å². The predicted octanol–water partition coefficient (Wildman–Crippen LogP) is 3.12. The minimum absolute atomic E-state index is 0.0417. The Bertz CT molecular complexity index is 789. The summed E-state index contributed by atoms with van der Waals surface area (Å²) in [7, 11) is 2.01. The highest BCUT2D eigenvalue weighted by atomic mass is 16.6. The number of nitro groups is 2. The van der Waals surface area contributed by atoms with Gasteiger partial charge in [-0.2, -0.15) is 0 Å². The fourth-order valence-corrected chi connectivity index (χ4v) is 3.17. The van der Waals surface area contributed by atoms with Crippen LogP contribution >= 0.6 is 0 Å². The lowest BCUT2D eigenvalue weighted by molar-refractivity contribution is -0.385. The maximum atomic E-state index is 11.1. The first-order valence-corrected chi connectivity index (χ1v) is 7.66. The van der Waals surface area contributed by atoms with Crippen molar-refractivity contribution in [3.8, 4) is 0 Å². The van der Waals surface area contributed by atoms with Gasteiger partial charge in [0.15, 0.2) is 0 Å². The van der Waals surface area contributed by atoms with Crippen LogP contribution in [0.2, 0.25) is 0 Å². The van der Waals surface area contributed by atoms with E-state index in [0.29, 0.717) is 6.54 Å². The fourth-order valence-electron chi connectivity index (χ4n) is 3.17. The third-order valence-electron chi connectivity index (χ3n) is 4.48. The molecule has 0 aromatic heterocycles. The standard InChI is InChI=1S/C17H17N3O4/c1-18-9-8-13-4-7-15(20(23)24)10-16(13)17(11-18)12-2-5-14(6-3-12)19(21)22/h2-7,10,17H,8-9,11H2,1H3. The lowest BCUT2D eigenvalue weighted by Crippen LogP contribution is -2.24. The molecule has 124 valence electrons. The third-order valence-corrected chi connectivity index (χ3v) is 4.48. The number of nitro benzene ring substituents is 2. The van der Waals surface area contributed by atoms with Crippen LogP contribution in [-0.2, 0) is 6.42 Å². The molecule has 1 atom stereocenters. The molecule has 0 bridgehead atoms. The van der Waals surface area contributed by atoms with Crippen molar-refractivity contribution in [2.24, 2.45) is 0 Å². The highest BCUT2D eigenvalue weighted by Gasteiger charge is 2.25. The molecule has 2 aromatic carbocycles. The highest BCUT2D eigenvalue weighted by Crippen LogP contribution is 2.34. The second-order valence-corrected chi connectivity index (χ2v) is 6.05. The highest BCUT2D eigenvalue weighted by molar-refractivity contribution is 5.47. The summed E-state index contributed by atoms with van der Waals surface area (Å²) in [5, 5.41) is 22.0. The van der Waals surface area contributed by atoms with Gasteiger partial charge in [0.2, 0.25) is 0 Å². The minimum Gasteiger partial charge on any atom is -0.305 e. The van der Waals surface area contributed by atoms with E-state index in [1.807, 2.05) is 13.1 Å². The first kappa shape index (κ1) is 16.1. The van der Waals surface area contributed by atoms with E-state index in [9.17, 15) is 20.2 Å². The van der Waals surface area contributed by atoms with Gasteiger partial charge in [-0.15, -0.1) is 0 Å². The average molecular weight is 327 g/mol. The average Bonchev–Trinajstić information content (AvgIpc) is 2.73. The van der Waals surface area contributed by atoms with E-state index < -0.39 is 4.92 Å². The summed E-state index contributed by atoms with van der Waals surface area (Å²) in [5.74, 6) is -0.0480. The molecule has 3 rings (SSSR count). The van der Waals surface area contributed by atoms with Crippen LogP contribution in [0.15, 0.2) is 42.5 Å². The summed E-state index contributed by atoms with van der Waals surface area (Å²) in [6.45, 7) is 1.58. The first-order valence-electron chi connectivity index (χ1n) is 7.66. The van der Waals surface area contributed by atoms with Crippen molar-refractivity contribution in [2.45, 2.75) is 12.3 Å². The lowest BCUT2D eigenvalue weighted by Gasteiger charge is -2.21. The summed E-state index contributed by atoms with van der Waals surface area (Å²) in [5.41, 5.74) is 3.07. The minimum atomic E-state index is -0.429. The van der Waals surface area contributed by atoms with E-state index in [1.165, 1.54) is 18.2 Å². The van der Waals surface area contributed by atoms with Crippen molar-refractivity contribution >= 4 is 11.4 Å². The van der Waals surface area contributed by atoms with Gasteiger partial charge < -0.3 is 4.90 Å². The predicted molar refractivity (Wildman–Crippen MR) is 89.2 cm³/mol. The Morgan fingerprint density at radius 1 is 1.00 bits per heavy atom. The molecule has 1 unspecified atom stereocenters. The zero-order valence-electron chi connectivity index (χ0n) is 13.2. The van der Waals surface area contributed by atoms with Gasteiger partial charge >= 0.3 is 0 Å². The van der Waals surface area contributed by atoms with E-state index in [4.69, 9.17) is 0 Å². The van der Waals surface area contributed by atoms with Crippen molar-refractivity contribution in [2.75, 3.05) is 20.1 Å². The number of nitrogens with zero attached hydrogens (tertiary/aromatic N) is 3. The van der Waals surface area contributed by atoms with E-state index in [2.05, 4.69) is 4.90 Å². The van der Waals surface area contributed by atoms with E-state index in [-0.39, 0.29) is 22.2 Å². The molecule has 0 saturated carbocycles. The molecule has 0 saturated heterocycles. The fraction of sp³-hybridized carbons (Fsp3) is 0.294. The smallest absolute Gasteiger partial charge is 0.269 e.